The first-order chi connectivity index (χ1) is 20.1. The standard InChI is InChI=1S/C33H31FN4O4/c1-5-8-28-26(31(39)38(19(2)35-28)23-16-22-18-33(3,4)41-29(22)27(34)17-23)15-20-11-13-21(14-12-20)24-9-6-7-10-25(24)30-36-32(40)42-37-30/h6-7,9-14,16-17H,5,8,15,18H2,1-4H3,(H,36,37,40). The van der Waals surface area contributed by atoms with Crippen LogP contribution in [0.2, 0.25) is 0 Å². The van der Waals surface area contributed by atoms with Crippen LogP contribution < -0.4 is 16.1 Å². The number of hydrogen-bond donors (Lipinski definition) is 1. The molecule has 0 saturated heterocycles. The summed E-state index contributed by atoms with van der Waals surface area (Å²) in [6.07, 6.45) is 2.43. The minimum absolute atomic E-state index is 0.201. The van der Waals surface area contributed by atoms with Gasteiger partial charge in [0.2, 0.25) is 0 Å². The van der Waals surface area contributed by atoms with E-state index >= 15 is 4.39 Å². The molecule has 1 aliphatic heterocycles. The van der Waals surface area contributed by atoms with Crippen LogP contribution in [0.25, 0.3) is 28.2 Å². The Morgan fingerprint density at radius 1 is 1.05 bits per heavy atom. The first-order valence-corrected chi connectivity index (χ1v) is 14.0. The van der Waals surface area contributed by atoms with E-state index in [2.05, 4.69) is 17.1 Å². The molecule has 0 amide bonds. The quantitative estimate of drug-likeness (QED) is 0.261. The van der Waals surface area contributed by atoms with E-state index in [0.29, 0.717) is 42.2 Å². The van der Waals surface area contributed by atoms with E-state index < -0.39 is 17.2 Å². The second-order valence-corrected chi connectivity index (χ2v) is 11.3. The Morgan fingerprint density at radius 3 is 2.48 bits per heavy atom. The van der Waals surface area contributed by atoms with Gasteiger partial charge in [-0.15, -0.1) is 0 Å². The van der Waals surface area contributed by atoms with Crippen molar-refractivity contribution in [3.63, 3.8) is 0 Å². The lowest BCUT2D eigenvalue weighted by molar-refractivity contribution is 0.133. The molecule has 0 saturated carbocycles. The Hall–Kier alpha value is -4.79. The molecule has 1 aliphatic rings. The summed E-state index contributed by atoms with van der Waals surface area (Å²) in [5.74, 6) is 0.0250. The topological polar surface area (TPSA) is 103 Å². The molecule has 0 bridgehead atoms. The highest BCUT2D eigenvalue weighted by atomic mass is 19.1. The number of aromatic amines is 1. The van der Waals surface area contributed by atoms with Crippen LogP contribution in [0.4, 0.5) is 4.39 Å². The molecule has 0 radical (unpaired) electrons. The van der Waals surface area contributed by atoms with Gasteiger partial charge in [0.05, 0.1) is 11.4 Å². The average Bonchev–Trinajstić information content (AvgIpc) is 3.53. The zero-order valence-corrected chi connectivity index (χ0v) is 24.0. The normalized spacial score (nSPS) is 13.6. The minimum atomic E-state index is -0.616. The fourth-order valence-electron chi connectivity index (χ4n) is 5.72. The van der Waals surface area contributed by atoms with Gasteiger partial charge < -0.3 is 4.74 Å². The SMILES string of the molecule is CCCc1nc(C)n(-c2cc(F)c3c(c2)CC(C)(C)O3)c(=O)c1Cc1ccc(-c2ccccc2-c2noc(=O)[nH]2)cc1. The van der Waals surface area contributed by atoms with Crippen LogP contribution in [0.15, 0.2) is 74.8 Å². The zero-order valence-electron chi connectivity index (χ0n) is 24.0. The van der Waals surface area contributed by atoms with Crippen molar-refractivity contribution in [2.45, 2.75) is 59.0 Å². The van der Waals surface area contributed by atoms with E-state index in [0.717, 1.165) is 39.9 Å². The van der Waals surface area contributed by atoms with Crippen molar-refractivity contribution in [2.75, 3.05) is 0 Å². The van der Waals surface area contributed by atoms with Gasteiger partial charge >= 0.3 is 5.76 Å². The smallest absolute Gasteiger partial charge is 0.439 e. The summed E-state index contributed by atoms with van der Waals surface area (Å²) < 4.78 is 27.1. The number of fused-ring (bicyclic) bond motifs is 1. The van der Waals surface area contributed by atoms with Gasteiger partial charge in [0.25, 0.3) is 5.56 Å². The molecule has 0 aliphatic carbocycles. The van der Waals surface area contributed by atoms with Crippen LogP contribution in [0.1, 0.15) is 55.4 Å². The Labute approximate surface area is 241 Å². The third-order valence-electron chi connectivity index (χ3n) is 7.54. The molecule has 5 aromatic rings. The number of nitrogens with zero attached hydrogens (tertiary/aromatic N) is 3. The van der Waals surface area contributed by atoms with Crippen LogP contribution in [0.3, 0.4) is 0 Å². The zero-order chi connectivity index (χ0) is 29.6. The molecule has 0 spiro atoms. The van der Waals surface area contributed by atoms with Gasteiger partial charge in [-0.1, -0.05) is 67.0 Å². The number of H-pyrrole nitrogens is 1. The van der Waals surface area contributed by atoms with Gasteiger partial charge in [-0.05, 0) is 49.9 Å². The molecule has 6 rings (SSSR count). The molecular formula is C33H31FN4O4. The summed E-state index contributed by atoms with van der Waals surface area (Å²) in [6, 6.07) is 18.7. The van der Waals surface area contributed by atoms with Crippen molar-refractivity contribution in [1.29, 1.82) is 0 Å². The molecule has 3 heterocycles. The highest BCUT2D eigenvalue weighted by molar-refractivity contribution is 5.80. The van der Waals surface area contributed by atoms with Crippen molar-refractivity contribution >= 4 is 0 Å². The van der Waals surface area contributed by atoms with Crippen LogP contribution >= 0.6 is 0 Å². The van der Waals surface area contributed by atoms with Crippen LogP contribution in [0, 0.1) is 12.7 Å². The lowest BCUT2D eigenvalue weighted by Crippen LogP contribution is -2.28. The number of hydrogen-bond acceptors (Lipinski definition) is 6. The van der Waals surface area contributed by atoms with Gasteiger partial charge in [-0.2, -0.15) is 0 Å². The number of aryl methyl sites for hydroxylation is 2. The lowest BCUT2D eigenvalue weighted by Gasteiger charge is -2.17. The minimum Gasteiger partial charge on any atom is -0.484 e. The third kappa shape index (κ3) is 5.06. The Bertz CT molecular complexity index is 1920. The van der Waals surface area contributed by atoms with Gasteiger partial charge in [0, 0.05) is 35.6 Å². The molecule has 1 N–H and O–H groups in total. The van der Waals surface area contributed by atoms with Crippen molar-refractivity contribution in [3.8, 4) is 34.0 Å². The van der Waals surface area contributed by atoms with Crippen molar-refractivity contribution in [3.05, 3.63) is 116 Å². The highest BCUT2D eigenvalue weighted by Crippen LogP contribution is 2.38. The van der Waals surface area contributed by atoms with Gasteiger partial charge in [0.15, 0.2) is 17.4 Å². The maximum absolute atomic E-state index is 15.1. The average molecular weight is 567 g/mol. The second kappa shape index (κ2) is 10.6. The van der Waals surface area contributed by atoms with E-state index in [4.69, 9.17) is 14.2 Å². The van der Waals surface area contributed by atoms with Crippen molar-refractivity contribution in [2.24, 2.45) is 0 Å². The largest absolute Gasteiger partial charge is 0.484 e. The molecule has 2 aromatic heterocycles. The number of halogens is 1. The molecule has 0 atom stereocenters. The highest BCUT2D eigenvalue weighted by Gasteiger charge is 2.33. The second-order valence-electron chi connectivity index (χ2n) is 11.3. The molecule has 214 valence electrons. The summed E-state index contributed by atoms with van der Waals surface area (Å²) in [5.41, 5.74) is 5.31. The first-order valence-electron chi connectivity index (χ1n) is 14.0. The summed E-state index contributed by atoms with van der Waals surface area (Å²) in [4.78, 5) is 33.0. The van der Waals surface area contributed by atoms with Crippen LogP contribution in [-0.2, 0) is 19.3 Å². The summed E-state index contributed by atoms with van der Waals surface area (Å²) in [5, 5.41) is 3.84. The number of aromatic nitrogens is 4. The number of rotatable bonds is 7. The van der Waals surface area contributed by atoms with Crippen molar-refractivity contribution in [1.82, 2.24) is 19.7 Å². The van der Waals surface area contributed by atoms with Gasteiger partial charge in [-0.3, -0.25) is 18.9 Å². The number of benzene rings is 3. The van der Waals surface area contributed by atoms with Crippen LogP contribution in [0.5, 0.6) is 5.75 Å². The summed E-state index contributed by atoms with van der Waals surface area (Å²) >= 11 is 0. The fraction of sp³-hybridized carbons (Fsp3) is 0.273. The van der Waals surface area contributed by atoms with Gasteiger partial charge in [0.1, 0.15) is 11.4 Å². The Balaban J connectivity index is 1.37. The Morgan fingerprint density at radius 2 is 1.79 bits per heavy atom. The Kier molecular flexibility index (Phi) is 6.88. The maximum atomic E-state index is 15.1. The first kappa shape index (κ1) is 27.4. The van der Waals surface area contributed by atoms with E-state index in [1.54, 1.807) is 6.92 Å². The van der Waals surface area contributed by atoms with Gasteiger partial charge in [-0.25, -0.2) is 14.2 Å². The fourth-order valence-corrected chi connectivity index (χ4v) is 5.72. The predicted octanol–water partition coefficient (Wildman–Crippen LogP) is 5.95. The van der Waals surface area contributed by atoms with E-state index in [1.807, 2.05) is 68.4 Å². The summed E-state index contributed by atoms with van der Waals surface area (Å²) in [6.45, 7) is 7.67. The van der Waals surface area contributed by atoms with E-state index in [9.17, 15) is 9.59 Å². The molecule has 3 aromatic carbocycles. The molecule has 42 heavy (non-hydrogen) atoms. The third-order valence-corrected chi connectivity index (χ3v) is 7.54. The van der Waals surface area contributed by atoms with Crippen molar-refractivity contribution < 1.29 is 13.7 Å². The van der Waals surface area contributed by atoms with E-state index in [1.165, 1.54) is 10.6 Å². The summed E-state index contributed by atoms with van der Waals surface area (Å²) in [7, 11) is 0. The lowest BCUT2D eigenvalue weighted by atomic mass is 9.96. The maximum Gasteiger partial charge on any atom is 0.439 e. The molecule has 9 heteroatoms. The van der Waals surface area contributed by atoms with Crippen LogP contribution in [-0.4, -0.2) is 25.3 Å². The number of ether oxygens (including phenoxy) is 1. The van der Waals surface area contributed by atoms with E-state index in [-0.39, 0.29) is 11.3 Å². The molecule has 8 nitrogen and oxygen atoms in total. The number of nitrogens with one attached hydrogen (secondary N) is 1. The molecule has 0 unspecified atom stereocenters. The molecular weight excluding hydrogens is 535 g/mol. The monoisotopic (exact) mass is 566 g/mol. The molecule has 0 fully saturated rings. The predicted molar refractivity (Wildman–Crippen MR) is 158 cm³/mol.